The smallest absolute Gasteiger partial charge is 0.236 e. The van der Waals surface area contributed by atoms with E-state index >= 15 is 0 Å². The lowest BCUT2D eigenvalue weighted by atomic mass is 10.3. The highest BCUT2D eigenvalue weighted by molar-refractivity contribution is 7.94. The Kier molecular flexibility index (Phi) is 3.28. The third-order valence-electron chi connectivity index (χ3n) is 1.94. The first-order valence-corrected chi connectivity index (χ1v) is 5.97. The summed E-state index contributed by atoms with van der Waals surface area (Å²) in [5.74, 6) is -0.0176. The van der Waals surface area contributed by atoms with E-state index in [2.05, 4.69) is 5.32 Å². The van der Waals surface area contributed by atoms with E-state index in [1.165, 1.54) is 10.3 Å². The summed E-state index contributed by atoms with van der Waals surface area (Å²) in [6, 6.07) is -0.233. The number of amides is 1. The molecule has 14 heavy (non-hydrogen) atoms. The Morgan fingerprint density at radius 3 is 2.64 bits per heavy atom. The van der Waals surface area contributed by atoms with Gasteiger partial charge in [-0.1, -0.05) is 6.08 Å². The largest absolute Gasteiger partial charge is 0.348 e. The Balaban J connectivity index is 2.36. The van der Waals surface area contributed by atoms with Crippen molar-refractivity contribution in [2.45, 2.75) is 6.04 Å². The second-order valence-electron chi connectivity index (χ2n) is 3.43. The van der Waals surface area contributed by atoms with E-state index in [-0.39, 0.29) is 24.2 Å². The number of rotatable bonds is 3. The van der Waals surface area contributed by atoms with Crippen LogP contribution in [-0.4, -0.2) is 51.7 Å². The van der Waals surface area contributed by atoms with Gasteiger partial charge >= 0.3 is 0 Å². The fourth-order valence-electron chi connectivity index (χ4n) is 1.08. The SMILES string of the molecule is CN(C)C(=O)CNC1C=CS(=O)(=O)C1. The molecular formula is C8H14N2O3S. The molecule has 5 nitrogen and oxygen atoms in total. The van der Waals surface area contributed by atoms with E-state index in [0.717, 1.165) is 0 Å². The monoisotopic (exact) mass is 218 g/mol. The van der Waals surface area contributed by atoms with E-state index in [1.54, 1.807) is 20.2 Å². The van der Waals surface area contributed by atoms with E-state index in [9.17, 15) is 13.2 Å². The third-order valence-corrected chi connectivity index (χ3v) is 3.34. The molecule has 1 aliphatic heterocycles. The molecule has 1 rings (SSSR count). The standard InChI is InChI=1S/C8H14N2O3S/c1-10(2)8(11)5-9-7-3-4-14(12,13)6-7/h3-4,7,9H,5-6H2,1-2H3. The summed E-state index contributed by atoms with van der Waals surface area (Å²) in [5, 5.41) is 4.05. The highest BCUT2D eigenvalue weighted by Crippen LogP contribution is 2.07. The Bertz CT molecular complexity index is 346. The highest BCUT2D eigenvalue weighted by Gasteiger charge is 2.21. The molecule has 1 amide bonds. The fourth-order valence-corrected chi connectivity index (χ4v) is 2.35. The van der Waals surface area contributed by atoms with E-state index in [0.29, 0.717) is 0 Å². The Morgan fingerprint density at radius 2 is 2.21 bits per heavy atom. The van der Waals surface area contributed by atoms with Gasteiger partial charge in [0.2, 0.25) is 5.91 Å². The lowest BCUT2D eigenvalue weighted by molar-refractivity contribution is -0.127. The molecule has 0 bridgehead atoms. The minimum absolute atomic E-state index is 0.0493. The van der Waals surface area contributed by atoms with Crippen molar-refractivity contribution >= 4 is 15.7 Å². The lowest BCUT2D eigenvalue weighted by Crippen LogP contribution is -2.39. The molecule has 6 heteroatoms. The molecule has 0 aromatic rings. The molecule has 0 saturated heterocycles. The zero-order chi connectivity index (χ0) is 10.8. The maximum absolute atomic E-state index is 11.2. The van der Waals surface area contributed by atoms with E-state index < -0.39 is 9.84 Å². The number of carbonyl (C=O) groups is 1. The van der Waals surface area contributed by atoms with Crippen molar-refractivity contribution in [3.05, 3.63) is 11.5 Å². The summed E-state index contributed by atoms with van der Waals surface area (Å²) in [6.07, 6.45) is 1.57. The fraction of sp³-hybridized carbons (Fsp3) is 0.625. The average molecular weight is 218 g/mol. The second kappa shape index (κ2) is 4.10. The van der Waals surface area contributed by atoms with Gasteiger partial charge in [-0.2, -0.15) is 0 Å². The molecule has 1 unspecified atom stereocenters. The number of hydrogen-bond donors (Lipinski definition) is 1. The van der Waals surface area contributed by atoms with Gasteiger partial charge in [0.1, 0.15) is 0 Å². The van der Waals surface area contributed by atoms with Gasteiger partial charge in [-0.25, -0.2) is 8.42 Å². The Hall–Kier alpha value is -0.880. The third kappa shape index (κ3) is 3.12. The van der Waals surface area contributed by atoms with Crippen LogP contribution in [-0.2, 0) is 14.6 Å². The molecule has 0 aromatic heterocycles. The lowest BCUT2D eigenvalue weighted by Gasteiger charge is -2.13. The van der Waals surface area contributed by atoms with E-state index in [1.807, 2.05) is 0 Å². The first-order valence-electron chi connectivity index (χ1n) is 4.25. The summed E-state index contributed by atoms with van der Waals surface area (Å²) in [7, 11) is 0.284. The molecular weight excluding hydrogens is 204 g/mol. The number of hydrogen-bond acceptors (Lipinski definition) is 4. The molecule has 0 aliphatic carbocycles. The number of sulfone groups is 1. The molecule has 0 radical (unpaired) electrons. The molecule has 1 heterocycles. The van der Waals surface area contributed by atoms with Crippen molar-refractivity contribution in [2.75, 3.05) is 26.4 Å². The predicted molar refractivity (Wildman–Crippen MR) is 53.4 cm³/mol. The number of likely N-dealkylation sites (N-methyl/N-ethyl adjacent to an activating group) is 1. The first-order chi connectivity index (χ1) is 6.41. The van der Waals surface area contributed by atoms with Crippen LogP contribution >= 0.6 is 0 Å². The number of nitrogens with zero attached hydrogens (tertiary/aromatic N) is 1. The van der Waals surface area contributed by atoms with Crippen LogP contribution < -0.4 is 5.32 Å². The van der Waals surface area contributed by atoms with Gasteiger partial charge in [0.05, 0.1) is 12.3 Å². The van der Waals surface area contributed by atoms with Crippen LogP contribution in [0.5, 0.6) is 0 Å². The predicted octanol–water partition coefficient (Wildman–Crippen LogP) is -1.03. The van der Waals surface area contributed by atoms with Gasteiger partial charge in [0.15, 0.2) is 9.84 Å². The number of carbonyl (C=O) groups excluding carboxylic acids is 1. The molecule has 0 fully saturated rings. The van der Waals surface area contributed by atoms with Gasteiger partial charge < -0.3 is 10.2 Å². The highest BCUT2D eigenvalue weighted by atomic mass is 32.2. The molecule has 1 aliphatic rings. The molecule has 0 saturated carbocycles. The van der Waals surface area contributed by atoms with Crippen LogP contribution in [0.1, 0.15) is 0 Å². The van der Waals surface area contributed by atoms with Crippen LogP contribution in [0.25, 0.3) is 0 Å². The Morgan fingerprint density at radius 1 is 1.57 bits per heavy atom. The van der Waals surface area contributed by atoms with Gasteiger partial charge in [-0.3, -0.25) is 4.79 Å². The summed E-state index contributed by atoms with van der Waals surface area (Å²) in [4.78, 5) is 12.6. The van der Waals surface area contributed by atoms with Gasteiger partial charge in [-0.05, 0) is 0 Å². The van der Waals surface area contributed by atoms with Gasteiger partial charge in [0.25, 0.3) is 0 Å². The van der Waals surface area contributed by atoms with Crippen LogP contribution in [0, 0.1) is 0 Å². The van der Waals surface area contributed by atoms with Crippen molar-refractivity contribution in [3.8, 4) is 0 Å². The van der Waals surface area contributed by atoms with E-state index in [4.69, 9.17) is 0 Å². The second-order valence-corrected chi connectivity index (χ2v) is 5.36. The van der Waals surface area contributed by atoms with Gasteiger partial charge in [0, 0.05) is 25.5 Å². The zero-order valence-electron chi connectivity index (χ0n) is 8.23. The van der Waals surface area contributed by atoms with Crippen molar-refractivity contribution in [1.82, 2.24) is 10.2 Å². The molecule has 1 N–H and O–H groups in total. The first kappa shape index (κ1) is 11.2. The average Bonchev–Trinajstić information content (AvgIpc) is 2.41. The minimum atomic E-state index is -3.03. The molecule has 0 spiro atoms. The minimum Gasteiger partial charge on any atom is -0.348 e. The summed E-state index contributed by atoms with van der Waals surface area (Å²) < 4.78 is 22.0. The zero-order valence-corrected chi connectivity index (χ0v) is 9.04. The number of nitrogens with one attached hydrogen (secondary N) is 1. The quantitative estimate of drug-likeness (QED) is 0.658. The molecule has 1 atom stereocenters. The topological polar surface area (TPSA) is 66.5 Å². The summed E-state index contributed by atoms with van der Waals surface area (Å²) in [6.45, 7) is 0.164. The van der Waals surface area contributed by atoms with Crippen LogP contribution in [0.2, 0.25) is 0 Å². The van der Waals surface area contributed by atoms with Crippen molar-refractivity contribution in [2.24, 2.45) is 0 Å². The van der Waals surface area contributed by atoms with Gasteiger partial charge in [-0.15, -0.1) is 0 Å². The molecule has 80 valence electrons. The van der Waals surface area contributed by atoms with Crippen molar-refractivity contribution in [3.63, 3.8) is 0 Å². The maximum Gasteiger partial charge on any atom is 0.236 e. The van der Waals surface area contributed by atoms with Crippen LogP contribution in [0.3, 0.4) is 0 Å². The summed E-state index contributed by atoms with van der Waals surface area (Å²) >= 11 is 0. The van der Waals surface area contributed by atoms with Crippen molar-refractivity contribution in [1.29, 1.82) is 0 Å². The van der Waals surface area contributed by atoms with Crippen LogP contribution in [0.4, 0.5) is 0 Å². The normalized spacial score (nSPS) is 23.7. The van der Waals surface area contributed by atoms with Crippen LogP contribution in [0.15, 0.2) is 11.5 Å². The Labute approximate surface area is 83.7 Å². The maximum atomic E-state index is 11.2. The molecule has 0 aromatic carbocycles. The van der Waals surface area contributed by atoms with Crippen molar-refractivity contribution < 1.29 is 13.2 Å². The summed E-state index contributed by atoms with van der Waals surface area (Å²) in [5.41, 5.74) is 0.